The summed E-state index contributed by atoms with van der Waals surface area (Å²) in [5, 5.41) is 7.27. The second-order valence-corrected chi connectivity index (χ2v) is 7.31. The summed E-state index contributed by atoms with van der Waals surface area (Å²) < 4.78 is 0. The summed E-state index contributed by atoms with van der Waals surface area (Å²) in [6.45, 7) is 0. The molecule has 4 aromatic rings. The fourth-order valence-electron chi connectivity index (χ4n) is 2.77. The topological polar surface area (TPSA) is 66.9 Å². The number of hydrogen-bond donors (Lipinski definition) is 2. The second-order valence-electron chi connectivity index (χ2n) is 6.44. The zero-order chi connectivity index (χ0) is 20.9. The minimum atomic E-state index is -0.204. The van der Waals surface area contributed by atoms with Gasteiger partial charge < -0.3 is 10.6 Å². The minimum absolute atomic E-state index is 0.204. The summed E-state index contributed by atoms with van der Waals surface area (Å²) in [6, 6.07) is 23.3. The van der Waals surface area contributed by atoms with E-state index in [2.05, 4.69) is 20.6 Å². The van der Waals surface area contributed by atoms with E-state index in [9.17, 15) is 4.79 Å². The van der Waals surface area contributed by atoms with Gasteiger partial charge in [0.15, 0.2) is 0 Å². The van der Waals surface area contributed by atoms with Gasteiger partial charge in [0.1, 0.15) is 0 Å². The predicted molar refractivity (Wildman–Crippen MR) is 122 cm³/mol. The average molecular weight is 435 g/mol. The molecule has 30 heavy (non-hydrogen) atoms. The highest BCUT2D eigenvalue weighted by Gasteiger charge is 2.07. The molecule has 0 fully saturated rings. The van der Waals surface area contributed by atoms with Crippen molar-refractivity contribution in [3.8, 4) is 11.3 Å². The van der Waals surface area contributed by atoms with E-state index in [-0.39, 0.29) is 5.91 Å². The molecule has 1 aromatic heterocycles. The third-order valence-electron chi connectivity index (χ3n) is 4.30. The number of benzene rings is 3. The van der Waals surface area contributed by atoms with Crippen molar-refractivity contribution in [1.29, 1.82) is 0 Å². The van der Waals surface area contributed by atoms with Gasteiger partial charge in [0, 0.05) is 38.7 Å². The number of halogens is 2. The molecule has 0 aliphatic carbocycles. The first-order valence-electron chi connectivity index (χ1n) is 9.10. The molecule has 0 radical (unpaired) electrons. The van der Waals surface area contributed by atoms with Crippen LogP contribution in [0.1, 0.15) is 10.4 Å². The Morgan fingerprint density at radius 3 is 2.00 bits per heavy atom. The van der Waals surface area contributed by atoms with Crippen LogP contribution >= 0.6 is 23.2 Å². The zero-order valence-corrected chi connectivity index (χ0v) is 17.2. The van der Waals surface area contributed by atoms with Crippen LogP contribution in [-0.4, -0.2) is 15.9 Å². The molecule has 0 spiro atoms. The Kier molecular flexibility index (Phi) is 5.93. The van der Waals surface area contributed by atoms with Gasteiger partial charge >= 0.3 is 0 Å². The Morgan fingerprint density at radius 2 is 1.33 bits per heavy atom. The van der Waals surface area contributed by atoms with Crippen molar-refractivity contribution in [1.82, 2.24) is 9.97 Å². The summed E-state index contributed by atoms with van der Waals surface area (Å²) in [4.78, 5) is 21.2. The lowest BCUT2D eigenvalue weighted by molar-refractivity contribution is 0.102. The molecule has 0 bridgehead atoms. The van der Waals surface area contributed by atoms with Gasteiger partial charge in [-0.1, -0.05) is 35.3 Å². The van der Waals surface area contributed by atoms with Crippen molar-refractivity contribution in [3.63, 3.8) is 0 Å². The van der Waals surface area contributed by atoms with Gasteiger partial charge in [-0.25, -0.2) is 9.97 Å². The molecular formula is C23H16Cl2N4O. The Hall–Kier alpha value is -3.41. The molecule has 0 aliphatic rings. The van der Waals surface area contributed by atoms with Gasteiger partial charge in [-0.15, -0.1) is 0 Å². The molecule has 3 aromatic carbocycles. The molecule has 5 nitrogen and oxygen atoms in total. The normalized spacial score (nSPS) is 10.5. The highest BCUT2D eigenvalue weighted by molar-refractivity contribution is 6.31. The molecule has 0 unspecified atom stereocenters. The van der Waals surface area contributed by atoms with Gasteiger partial charge in [-0.2, -0.15) is 0 Å². The smallest absolute Gasteiger partial charge is 0.255 e. The van der Waals surface area contributed by atoms with Crippen molar-refractivity contribution in [2.75, 3.05) is 10.6 Å². The first-order chi connectivity index (χ1) is 14.6. The summed E-state index contributed by atoms with van der Waals surface area (Å²) >= 11 is 11.8. The first-order valence-corrected chi connectivity index (χ1v) is 9.85. The third-order valence-corrected chi connectivity index (χ3v) is 4.80. The molecule has 0 aliphatic heterocycles. The molecule has 148 valence electrons. The van der Waals surface area contributed by atoms with Crippen molar-refractivity contribution in [2.24, 2.45) is 0 Å². The maximum atomic E-state index is 12.4. The van der Waals surface area contributed by atoms with Crippen LogP contribution < -0.4 is 10.6 Å². The maximum absolute atomic E-state index is 12.4. The zero-order valence-electron chi connectivity index (χ0n) is 15.6. The second kappa shape index (κ2) is 8.95. The highest BCUT2D eigenvalue weighted by atomic mass is 35.5. The van der Waals surface area contributed by atoms with E-state index in [1.54, 1.807) is 54.7 Å². The number of hydrogen-bond acceptors (Lipinski definition) is 4. The summed E-state index contributed by atoms with van der Waals surface area (Å²) in [6.07, 6.45) is 1.69. The average Bonchev–Trinajstić information content (AvgIpc) is 2.76. The van der Waals surface area contributed by atoms with E-state index >= 15 is 0 Å². The van der Waals surface area contributed by atoms with Gasteiger partial charge in [0.25, 0.3) is 5.91 Å². The Morgan fingerprint density at radius 1 is 0.733 bits per heavy atom. The molecule has 0 saturated carbocycles. The van der Waals surface area contributed by atoms with Crippen molar-refractivity contribution in [3.05, 3.63) is 101 Å². The Balaban J connectivity index is 1.44. The number of nitrogens with zero attached hydrogens (tertiary/aromatic N) is 2. The standard InChI is InChI=1S/C23H16Cl2N4O/c24-17-5-1-15(2-6-17)21-13-14-26-23(29-21)28-20-9-3-16(4-10-20)22(30)27-19-11-7-18(25)8-12-19/h1-14H,(H,27,30)(H,26,28,29). The van der Waals surface area contributed by atoms with Crippen LogP contribution in [0.3, 0.4) is 0 Å². The van der Waals surface area contributed by atoms with Crippen LogP contribution in [0.5, 0.6) is 0 Å². The Bertz CT molecular complexity index is 1160. The lowest BCUT2D eigenvalue weighted by atomic mass is 10.1. The van der Waals surface area contributed by atoms with Crippen molar-refractivity contribution in [2.45, 2.75) is 0 Å². The first kappa shape index (κ1) is 19.9. The predicted octanol–water partition coefficient (Wildman–Crippen LogP) is 6.45. The van der Waals surface area contributed by atoms with E-state index in [1.807, 2.05) is 30.3 Å². The summed E-state index contributed by atoms with van der Waals surface area (Å²) in [5.74, 6) is 0.255. The van der Waals surface area contributed by atoms with E-state index in [0.717, 1.165) is 16.9 Å². The molecular weight excluding hydrogens is 419 g/mol. The van der Waals surface area contributed by atoms with Crippen LogP contribution in [-0.2, 0) is 0 Å². The van der Waals surface area contributed by atoms with Gasteiger partial charge in [0.2, 0.25) is 5.95 Å². The quantitative estimate of drug-likeness (QED) is 0.378. The van der Waals surface area contributed by atoms with Gasteiger partial charge in [-0.05, 0) is 66.7 Å². The van der Waals surface area contributed by atoms with Gasteiger partial charge in [-0.3, -0.25) is 4.79 Å². The molecule has 7 heteroatoms. The third kappa shape index (κ3) is 4.95. The fraction of sp³-hybridized carbons (Fsp3) is 0. The number of nitrogens with one attached hydrogen (secondary N) is 2. The Labute approximate surface area is 183 Å². The molecule has 1 amide bonds. The van der Waals surface area contributed by atoms with Crippen LogP contribution in [0.2, 0.25) is 10.0 Å². The number of anilines is 3. The van der Waals surface area contributed by atoms with Crippen molar-refractivity contribution >= 4 is 46.4 Å². The minimum Gasteiger partial charge on any atom is -0.324 e. The van der Waals surface area contributed by atoms with E-state index < -0.39 is 0 Å². The van der Waals surface area contributed by atoms with Crippen LogP contribution in [0.25, 0.3) is 11.3 Å². The van der Waals surface area contributed by atoms with Gasteiger partial charge in [0.05, 0.1) is 5.69 Å². The van der Waals surface area contributed by atoms with E-state index in [0.29, 0.717) is 27.2 Å². The fourth-order valence-corrected chi connectivity index (χ4v) is 3.02. The molecule has 2 N–H and O–H groups in total. The highest BCUT2D eigenvalue weighted by Crippen LogP contribution is 2.22. The van der Waals surface area contributed by atoms with Crippen LogP contribution in [0.15, 0.2) is 85.1 Å². The number of rotatable bonds is 5. The van der Waals surface area contributed by atoms with Crippen LogP contribution in [0, 0.1) is 0 Å². The maximum Gasteiger partial charge on any atom is 0.255 e. The SMILES string of the molecule is O=C(Nc1ccc(Cl)cc1)c1ccc(Nc2nccc(-c3ccc(Cl)cc3)n2)cc1. The molecule has 4 rings (SSSR count). The lowest BCUT2D eigenvalue weighted by Crippen LogP contribution is -2.11. The largest absolute Gasteiger partial charge is 0.324 e. The van der Waals surface area contributed by atoms with E-state index in [1.165, 1.54) is 0 Å². The van der Waals surface area contributed by atoms with E-state index in [4.69, 9.17) is 23.2 Å². The van der Waals surface area contributed by atoms with Crippen LogP contribution in [0.4, 0.5) is 17.3 Å². The molecule has 0 saturated heterocycles. The summed E-state index contributed by atoms with van der Waals surface area (Å²) in [5.41, 5.74) is 3.71. The molecule has 1 heterocycles. The summed E-state index contributed by atoms with van der Waals surface area (Å²) in [7, 11) is 0. The number of carbonyl (C=O) groups excluding carboxylic acids is 1. The number of aromatic nitrogens is 2. The molecule has 0 atom stereocenters. The van der Waals surface area contributed by atoms with Crippen molar-refractivity contribution < 1.29 is 4.79 Å². The number of carbonyl (C=O) groups is 1. The number of amides is 1. The monoisotopic (exact) mass is 434 g/mol. The lowest BCUT2D eigenvalue weighted by Gasteiger charge is -2.08.